The summed E-state index contributed by atoms with van der Waals surface area (Å²) in [6.07, 6.45) is 0. The largest absolute Gasteiger partial charge is 0.493 e. The second-order valence-electron chi connectivity index (χ2n) is 4.82. The van der Waals surface area contributed by atoms with Crippen molar-refractivity contribution in [3.63, 3.8) is 0 Å². The number of nitriles is 1. The molecule has 0 saturated carbocycles. The van der Waals surface area contributed by atoms with Crippen LogP contribution in [0, 0.1) is 11.3 Å². The SMILES string of the molecule is COc1cc(C(C)=O)ccc1OCC(=O)Oc1ccc(C#N)cc1. The molecule has 24 heavy (non-hydrogen) atoms. The number of methoxy groups -OCH3 is 1. The Morgan fingerprint density at radius 3 is 2.38 bits per heavy atom. The van der Waals surface area contributed by atoms with Gasteiger partial charge in [0.15, 0.2) is 23.9 Å². The van der Waals surface area contributed by atoms with Gasteiger partial charge in [0.05, 0.1) is 18.7 Å². The summed E-state index contributed by atoms with van der Waals surface area (Å²) in [5.41, 5.74) is 0.959. The van der Waals surface area contributed by atoms with Gasteiger partial charge in [0, 0.05) is 5.56 Å². The van der Waals surface area contributed by atoms with Crippen molar-refractivity contribution in [2.75, 3.05) is 13.7 Å². The van der Waals surface area contributed by atoms with Gasteiger partial charge in [-0.3, -0.25) is 4.79 Å². The monoisotopic (exact) mass is 325 g/mol. The smallest absolute Gasteiger partial charge is 0.349 e. The Morgan fingerprint density at radius 1 is 1.08 bits per heavy atom. The molecule has 6 nitrogen and oxygen atoms in total. The number of ketones is 1. The first-order valence-electron chi connectivity index (χ1n) is 7.06. The molecule has 0 aliphatic rings. The molecule has 0 aliphatic heterocycles. The van der Waals surface area contributed by atoms with E-state index in [2.05, 4.69) is 0 Å². The Labute approximate surface area is 139 Å². The molecule has 0 spiro atoms. The van der Waals surface area contributed by atoms with Crippen LogP contribution in [0.15, 0.2) is 42.5 Å². The van der Waals surface area contributed by atoms with Crippen LogP contribution in [0.25, 0.3) is 0 Å². The lowest BCUT2D eigenvalue weighted by molar-refractivity contribution is -0.136. The number of hydrogen-bond donors (Lipinski definition) is 0. The van der Waals surface area contributed by atoms with Crippen LogP contribution in [-0.4, -0.2) is 25.5 Å². The summed E-state index contributed by atoms with van der Waals surface area (Å²) < 4.78 is 15.6. The van der Waals surface area contributed by atoms with Gasteiger partial charge in [0.1, 0.15) is 5.75 Å². The Morgan fingerprint density at radius 2 is 1.79 bits per heavy atom. The van der Waals surface area contributed by atoms with Crippen LogP contribution in [0.5, 0.6) is 17.2 Å². The van der Waals surface area contributed by atoms with E-state index in [1.54, 1.807) is 30.3 Å². The molecule has 0 unspecified atom stereocenters. The lowest BCUT2D eigenvalue weighted by Crippen LogP contribution is -2.18. The molecule has 0 fully saturated rings. The zero-order valence-corrected chi connectivity index (χ0v) is 13.2. The van der Waals surface area contributed by atoms with Crippen LogP contribution in [0.1, 0.15) is 22.8 Å². The van der Waals surface area contributed by atoms with Gasteiger partial charge in [0.2, 0.25) is 0 Å². The Hall–Kier alpha value is -3.33. The molecule has 0 N–H and O–H groups in total. The average molecular weight is 325 g/mol. The van der Waals surface area contributed by atoms with E-state index in [-0.39, 0.29) is 12.4 Å². The number of ether oxygens (including phenoxy) is 3. The van der Waals surface area contributed by atoms with Crippen molar-refractivity contribution in [3.8, 4) is 23.3 Å². The first-order chi connectivity index (χ1) is 11.5. The van der Waals surface area contributed by atoms with Crippen molar-refractivity contribution in [1.82, 2.24) is 0 Å². The van der Waals surface area contributed by atoms with Crippen molar-refractivity contribution >= 4 is 11.8 Å². The summed E-state index contributed by atoms with van der Waals surface area (Å²) >= 11 is 0. The van der Waals surface area contributed by atoms with Gasteiger partial charge in [-0.05, 0) is 49.4 Å². The standard InChI is InChI=1S/C18H15NO5/c1-12(20)14-5-8-16(17(9-14)22-2)23-11-18(21)24-15-6-3-13(10-19)4-7-15/h3-9H,11H2,1-2H3. The van der Waals surface area contributed by atoms with Gasteiger partial charge in [0.25, 0.3) is 0 Å². The summed E-state index contributed by atoms with van der Waals surface area (Å²) in [5, 5.41) is 8.71. The number of carbonyl (C=O) groups excluding carboxylic acids is 2. The van der Waals surface area contributed by atoms with E-state index >= 15 is 0 Å². The number of esters is 1. The minimum absolute atomic E-state index is 0.0972. The molecule has 0 radical (unpaired) electrons. The molecule has 2 aromatic rings. The fourth-order valence-electron chi connectivity index (χ4n) is 1.90. The lowest BCUT2D eigenvalue weighted by atomic mass is 10.1. The van der Waals surface area contributed by atoms with Crippen molar-refractivity contribution < 1.29 is 23.8 Å². The fourth-order valence-corrected chi connectivity index (χ4v) is 1.90. The van der Waals surface area contributed by atoms with Crippen molar-refractivity contribution in [2.45, 2.75) is 6.92 Å². The highest BCUT2D eigenvalue weighted by Crippen LogP contribution is 2.28. The molecule has 0 saturated heterocycles. The van der Waals surface area contributed by atoms with Crippen LogP contribution in [0.2, 0.25) is 0 Å². The maximum Gasteiger partial charge on any atom is 0.349 e. The van der Waals surface area contributed by atoms with E-state index < -0.39 is 5.97 Å². The molecule has 122 valence electrons. The van der Waals surface area contributed by atoms with Gasteiger partial charge in [-0.1, -0.05) is 0 Å². The van der Waals surface area contributed by atoms with Crippen molar-refractivity contribution in [1.29, 1.82) is 5.26 Å². The molecule has 0 bridgehead atoms. The van der Waals surface area contributed by atoms with Gasteiger partial charge in [-0.2, -0.15) is 5.26 Å². The van der Waals surface area contributed by atoms with Gasteiger partial charge < -0.3 is 14.2 Å². The molecule has 0 aliphatic carbocycles. The van der Waals surface area contributed by atoms with E-state index in [4.69, 9.17) is 19.5 Å². The molecule has 6 heteroatoms. The first kappa shape index (κ1) is 17.0. The normalized spacial score (nSPS) is 9.71. The molecular weight excluding hydrogens is 310 g/mol. The van der Waals surface area contributed by atoms with E-state index in [1.807, 2.05) is 6.07 Å². The molecule has 0 heterocycles. The van der Waals surface area contributed by atoms with E-state index in [0.29, 0.717) is 28.4 Å². The third-order valence-corrected chi connectivity index (χ3v) is 3.13. The number of rotatable bonds is 6. The summed E-state index contributed by atoms with van der Waals surface area (Å²) in [5.74, 6) is 0.312. The zero-order valence-electron chi connectivity index (χ0n) is 13.2. The summed E-state index contributed by atoms with van der Waals surface area (Å²) in [4.78, 5) is 23.2. The van der Waals surface area contributed by atoms with Crippen LogP contribution in [0.3, 0.4) is 0 Å². The molecule has 2 aromatic carbocycles. The summed E-state index contributed by atoms with van der Waals surface area (Å²) in [6.45, 7) is 1.13. The number of hydrogen-bond acceptors (Lipinski definition) is 6. The molecule has 0 atom stereocenters. The van der Waals surface area contributed by atoms with E-state index in [9.17, 15) is 9.59 Å². The number of nitrogens with zero attached hydrogens (tertiary/aromatic N) is 1. The first-order valence-corrected chi connectivity index (χ1v) is 7.06. The van der Waals surface area contributed by atoms with Crippen molar-refractivity contribution in [2.24, 2.45) is 0 Å². The predicted octanol–water partition coefficient (Wildman–Crippen LogP) is 2.75. The molecular formula is C18H15NO5. The predicted molar refractivity (Wildman–Crippen MR) is 85.3 cm³/mol. The topological polar surface area (TPSA) is 85.6 Å². The Bertz CT molecular complexity index is 790. The van der Waals surface area contributed by atoms with Crippen molar-refractivity contribution in [3.05, 3.63) is 53.6 Å². The number of carbonyl (C=O) groups is 2. The maximum absolute atomic E-state index is 11.8. The highest BCUT2D eigenvalue weighted by Gasteiger charge is 2.11. The Kier molecular flexibility index (Phi) is 5.53. The molecule has 0 aromatic heterocycles. The maximum atomic E-state index is 11.8. The van der Waals surface area contributed by atoms with Gasteiger partial charge in [-0.25, -0.2) is 4.79 Å². The van der Waals surface area contributed by atoms with Gasteiger partial charge in [-0.15, -0.1) is 0 Å². The van der Waals surface area contributed by atoms with Crippen LogP contribution in [0.4, 0.5) is 0 Å². The fraction of sp³-hybridized carbons (Fsp3) is 0.167. The van der Waals surface area contributed by atoms with Crippen LogP contribution >= 0.6 is 0 Å². The average Bonchev–Trinajstić information content (AvgIpc) is 2.60. The second-order valence-corrected chi connectivity index (χ2v) is 4.82. The van der Waals surface area contributed by atoms with E-state index in [1.165, 1.54) is 26.2 Å². The van der Waals surface area contributed by atoms with Crippen LogP contribution in [-0.2, 0) is 4.79 Å². The quantitative estimate of drug-likeness (QED) is 0.461. The highest BCUT2D eigenvalue weighted by molar-refractivity contribution is 5.94. The zero-order chi connectivity index (χ0) is 17.5. The third kappa shape index (κ3) is 4.34. The minimum Gasteiger partial charge on any atom is -0.493 e. The molecule has 0 amide bonds. The lowest BCUT2D eigenvalue weighted by Gasteiger charge is -2.11. The number of benzene rings is 2. The molecule has 2 rings (SSSR count). The second kappa shape index (κ2) is 7.79. The summed E-state index contributed by atoms with van der Waals surface area (Å²) in [6, 6.07) is 12.8. The Balaban J connectivity index is 1.98. The number of Topliss-reactive ketones (excluding diaryl/α,β-unsaturated/α-hetero) is 1. The highest BCUT2D eigenvalue weighted by atomic mass is 16.6. The third-order valence-electron chi connectivity index (χ3n) is 3.13. The van der Waals surface area contributed by atoms with E-state index in [0.717, 1.165) is 0 Å². The van der Waals surface area contributed by atoms with Gasteiger partial charge >= 0.3 is 5.97 Å². The van der Waals surface area contributed by atoms with Crippen LogP contribution < -0.4 is 14.2 Å². The minimum atomic E-state index is -0.600. The summed E-state index contributed by atoms with van der Waals surface area (Å²) in [7, 11) is 1.45.